The first-order valence-corrected chi connectivity index (χ1v) is 7.22. The lowest BCUT2D eigenvalue weighted by atomic mass is 9.84. The number of nitrogens with zero attached hydrogens (tertiary/aromatic N) is 1. The summed E-state index contributed by atoms with van der Waals surface area (Å²) in [6.07, 6.45) is 1.72. The number of fused-ring (bicyclic) bond motifs is 1. The molecule has 0 aromatic carbocycles. The predicted molar refractivity (Wildman–Crippen MR) is 71.9 cm³/mol. The summed E-state index contributed by atoms with van der Waals surface area (Å²) in [5.74, 6) is 0. The van der Waals surface area contributed by atoms with Gasteiger partial charge in [-0.25, -0.2) is 0 Å². The highest BCUT2D eigenvalue weighted by molar-refractivity contribution is 8.14. The summed E-state index contributed by atoms with van der Waals surface area (Å²) in [6, 6.07) is -0.395. The molecule has 0 radical (unpaired) electrons. The van der Waals surface area contributed by atoms with Crippen molar-refractivity contribution in [2.45, 2.75) is 48.2 Å². The highest BCUT2D eigenvalue weighted by Crippen LogP contribution is 2.40. The number of aliphatic hydroxyl groups excluding tert-OH is 2. The average molecular weight is 286 g/mol. The topological polar surface area (TPSA) is 94.3 Å². The van der Waals surface area contributed by atoms with E-state index in [4.69, 9.17) is 4.74 Å². The van der Waals surface area contributed by atoms with Gasteiger partial charge in [-0.2, -0.15) is 0 Å². The van der Waals surface area contributed by atoms with Crippen LogP contribution in [0.2, 0.25) is 0 Å². The Hall–Kier alpha value is -0.600. The maximum absolute atomic E-state index is 10.5. The van der Waals surface area contributed by atoms with E-state index in [2.05, 4.69) is 10.3 Å². The molecule has 3 aliphatic rings. The Balaban J connectivity index is 1.82. The number of rotatable bonds is 1. The van der Waals surface area contributed by atoms with Crippen molar-refractivity contribution in [1.29, 1.82) is 0 Å². The zero-order chi connectivity index (χ0) is 13.6. The normalized spacial score (nSPS) is 46.3. The van der Waals surface area contributed by atoms with Gasteiger partial charge in [-0.05, 0) is 12.8 Å². The number of thioether (sulfide) groups is 1. The van der Waals surface area contributed by atoms with E-state index in [1.54, 1.807) is 7.05 Å². The molecule has 0 bridgehead atoms. The number of nitrogens with one attached hydrogen (secondary N) is 1. The first kappa shape index (κ1) is 13.4. The molecule has 5 atom stereocenters. The van der Waals surface area contributed by atoms with E-state index < -0.39 is 30.0 Å². The van der Waals surface area contributed by atoms with Crippen LogP contribution in [0.25, 0.3) is 0 Å². The number of ether oxygens (including phenoxy) is 1. The van der Waals surface area contributed by atoms with Gasteiger partial charge in [0.25, 0.3) is 0 Å². The summed E-state index contributed by atoms with van der Waals surface area (Å²) in [7, 11) is 1.65. The largest absolute Gasteiger partial charge is 0.388 e. The molecule has 1 aliphatic carbocycles. The Morgan fingerprint density at radius 3 is 2.68 bits per heavy atom. The first-order chi connectivity index (χ1) is 9.05. The Morgan fingerprint density at radius 2 is 2.05 bits per heavy atom. The maximum Gasteiger partial charge on any atom is 0.159 e. The molecule has 2 saturated heterocycles. The number of aliphatic imine (C=N–C) groups is 1. The molecule has 19 heavy (non-hydrogen) atoms. The van der Waals surface area contributed by atoms with Gasteiger partial charge < -0.3 is 25.4 Å². The van der Waals surface area contributed by atoms with E-state index in [0.29, 0.717) is 18.0 Å². The average Bonchev–Trinajstić information content (AvgIpc) is 3.00. The molecule has 0 aromatic rings. The zero-order valence-electron chi connectivity index (χ0n) is 10.6. The second kappa shape index (κ2) is 4.75. The predicted octanol–water partition coefficient (Wildman–Crippen LogP) is -0.795. The molecule has 0 amide bonds. The summed E-state index contributed by atoms with van der Waals surface area (Å²) in [4.78, 5) is 4.03. The van der Waals surface area contributed by atoms with Crippen molar-refractivity contribution in [2.24, 2.45) is 4.99 Å². The molecule has 2 heterocycles. The van der Waals surface area contributed by atoms with Gasteiger partial charge in [0.2, 0.25) is 0 Å². The van der Waals surface area contributed by atoms with E-state index in [1.807, 2.05) is 12.2 Å². The molecule has 7 heteroatoms. The van der Waals surface area contributed by atoms with Crippen molar-refractivity contribution in [2.75, 3.05) is 7.05 Å². The fraction of sp³-hybridized carbons (Fsp3) is 0.750. The number of hydrogen-bond acceptors (Lipinski definition) is 6. The van der Waals surface area contributed by atoms with Crippen LogP contribution in [-0.2, 0) is 4.74 Å². The van der Waals surface area contributed by atoms with Crippen LogP contribution in [-0.4, -0.2) is 62.9 Å². The van der Waals surface area contributed by atoms with Crippen molar-refractivity contribution in [3.8, 4) is 0 Å². The third-order valence-electron chi connectivity index (χ3n) is 3.96. The monoisotopic (exact) mass is 286 g/mol. The van der Waals surface area contributed by atoms with Crippen molar-refractivity contribution >= 4 is 16.9 Å². The molecule has 0 aromatic heterocycles. The highest BCUT2D eigenvalue weighted by Gasteiger charge is 2.55. The Morgan fingerprint density at radius 1 is 1.37 bits per heavy atom. The van der Waals surface area contributed by atoms with Crippen LogP contribution in [0.1, 0.15) is 12.8 Å². The molecule has 106 valence electrons. The van der Waals surface area contributed by atoms with E-state index in [1.165, 1.54) is 11.8 Å². The molecule has 5 unspecified atom stereocenters. The molecule has 0 saturated carbocycles. The quantitative estimate of drug-likeness (QED) is 0.472. The van der Waals surface area contributed by atoms with Crippen LogP contribution < -0.4 is 5.32 Å². The number of amidine groups is 1. The molecular formula is C12H18N2O4S. The SMILES string of the molecule is CN=C1NC2C(OC(C3(O)CC=CC3)C(O)C2O)S1. The zero-order valence-corrected chi connectivity index (χ0v) is 11.4. The summed E-state index contributed by atoms with van der Waals surface area (Å²) in [5.41, 5.74) is -1.47. The molecule has 0 spiro atoms. The Kier molecular flexibility index (Phi) is 3.34. The lowest BCUT2D eigenvalue weighted by molar-refractivity contribution is -0.216. The van der Waals surface area contributed by atoms with Gasteiger partial charge in [0.1, 0.15) is 29.3 Å². The van der Waals surface area contributed by atoms with Crippen LogP contribution in [0.4, 0.5) is 0 Å². The molecule has 6 nitrogen and oxygen atoms in total. The van der Waals surface area contributed by atoms with E-state index in [-0.39, 0.29) is 5.44 Å². The second-order valence-electron chi connectivity index (χ2n) is 5.21. The molecule has 4 N–H and O–H groups in total. The van der Waals surface area contributed by atoms with E-state index in [0.717, 1.165) is 0 Å². The van der Waals surface area contributed by atoms with E-state index in [9.17, 15) is 15.3 Å². The Bertz CT molecular complexity index is 420. The smallest absolute Gasteiger partial charge is 0.159 e. The van der Waals surface area contributed by atoms with Crippen molar-refractivity contribution in [3.63, 3.8) is 0 Å². The van der Waals surface area contributed by atoms with Gasteiger partial charge in [-0.1, -0.05) is 23.9 Å². The third-order valence-corrected chi connectivity index (χ3v) is 5.12. The van der Waals surface area contributed by atoms with Gasteiger partial charge in [0.15, 0.2) is 5.17 Å². The van der Waals surface area contributed by atoms with Gasteiger partial charge in [-0.3, -0.25) is 4.99 Å². The van der Waals surface area contributed by atoms with Crippen molar-refractivity contribution < 1.29 is 20.1 Å². The fourth-order valence-corrected chi connectivity index (χ4v) is 3.94. The molecule has 3 rings (SSSR count). The van der Waals surface area contributed by atoms with Crippen LogP contribution in [0.3, 0.4) is 0 Å². The van der Waals surface area contributed by atoms with Crippen molar-refractivity contribution in [1.82, 2.24) is 5.32 Å². The second-order valence-corrected chi connectivity index (χ2v) is 6.29. The van der Waals surface area contributed by atoms with Gasteiger partial charge in [-0.15, -0.1) is 0 Å². The van der Waals surface area contributed by atoms with Gasteiger partial charge in [0, 0.05) is 7.05 Å². The minimum Gasteiger partial charge on any atom is -0.388 e. The Labute approximate surface area is 115 Å². The third kappa shape index (κ3) is 2.09. The minimum atomic E-state index is -1.13. The van der Waals surface area contributed by atoms with Gasteiger partial charge >= 0.3 is 0 Å². The van der Waals surface area contributed by atoms with Crippen LogP contribution >= 0.6 is 11.8 Å². The fourth-order valence-electron chi connectivity index (χ4n) is 2.86. The first-order valence-electron chi connectivity index (χ1n) is 6.34. The highest BCUT2D eigenvalue weighted by atomic mass is 32.2. The standard InChI is InChI=1S/C12H18N2O4S/c1-13-11-14-6-7(15)8(16)9(18-10(6)19-11)12(17)4-2-3-5-12/h2-3,6-10,15-17H,4-5H2,1H3,(H,13,14). The van der Waals surface area contributed by atoms with Crippen LogP contribution in [0, 0.1) is 0 Å². The van der Waals surface area contributed by atoms with E-state index >= 15 is 0 Å². The summed E-state index contributed by atoms with van der Waals surface area (Å²) in [5, 5.41) is 34.7. The lowest BCUT2D eigenvalue weighted by Crippen LogP contribution is -2.64. The lowest BCUT2D eigenvalue weighted by Gasteiger charge is -2.44. The summed E-state index contributed by atoms with van der Waals surface area (Å²) < 4.78 is 5.83. The molecular weight excluding hydrogens is 268 g/mol. The molecule has 2 fully saturated rings. The van der Waals surface area contributed by atoms with Gasteiger partial charge in [0.05, 0.1) is 6.04 Å². The minimum absolute atomic E-state index is 0.341. The van der Waals surface area contributed by atoms with Crippen LogP contribution in [0.5, 0.6) is 0 Å². The maximum atomic E-state index is 10.5. The molecule has 2 aliphatic heterocycles. The summed E-state index contributed by atoms with van der Waals surface area (Å²) >= 11 is 1.38. The number of aliphatic hydroxyl groups is 3. The van der Waals surface area contributed by atoms with Crippen LogP contribution in [0.15, 0.2) is 17.1 Å². The number of hydrogen-bond donors (Lipinski definition) is 4. The van der Waals surface area contributed by atoms with Crippen molar-refractivity contribution in [3.05, 3.63) is 12.2 Å². The summed E-state index contributed by atoms with van der Waals surface area (Å²) in [6.45, 7) is 0.